The largest absolute Gasteiger partial charge is 0.332 e. The van der Waals surface area contributed by atoms with Gasteiger partial charge in [0.05, 0.1) is 11.4 Å². The predicted octanol–water partition coefficient (Wildman–Crippen LogP) is 1.66. The molecule has 0 saturated carbocycles. The molecule has 0 aliphatic carbocycles. The van der Waals surface area contributed by atoms with Crippen LogP contribution < -0.4 is 0 Å². The first-order valence-corrected chi connectivity index (χ1v) is 8.22. The van der Waals surface area contributed by atoms with E-state index in [1.807, 2.05) is 12.1 Å². The molecule has 0 radical (unpaired) electrons. The van der Waals surface area contributed by atoms with Crippen molar-refractivity contribution in [2.45, 2.75) is 19.9 Å². The van der Waals surface area contributed by atoms with E-state index in [0.717, 1.165) is 22.5 Å². The molecule has 1 aliphatic heterocycles. The Morgan fingerprint density at radius 2 is 2.00 bits per heavy atom. The highest BCUT2D eigenvalue weighted by Crippen LogP contribution is 2.27. The summed E-state index contributed by atoms with van der Waals surface area (Å²) < 4.78 is 0. The van der Waals surface area contributed by atoms with Crippen LogP contribution in [-0.4, -0.2) is 48.3 Å². The number of hydrogen-bond donors (Lipinski definition) is 1. The number of aromatic nitrogens is 5. The fourth-order valence-electron chi connectivity index (χ4n) is 3.06. The normalized spacial score (nSPS) is 13.3. The van der Waals surface area contributed by atoms with Gasteiger partial charge in [-0.25, -0.2) is 9.97 Å². The highest BCUT2D eigenvalue weighted by molar-refractivity contribution is 5.97. The minimum Gasteiger partial charge on any atom is -0.332 e. The van der Waals surface area contributed by atoms with E-state index in [1.54, 1.807) is 23.6 Å². The third kappa shape index (κ3) is 2.85. The van der Waals surface area contributed by atoms with Gasteiger partial charge in [-0.15, -0.1) is 0 Å². The van der Waals surface area contributed by atoms with Crippen molar-refractivity contribution in [3.05, 3.63) is 59.6 Å². The highest BCUT2D eigenvalue weighted by atomic mass is 16.2. The summed E-state index contributed by atoms with van der Waals surface area (Å²) in [4.78, 5) is 38.7. The van der Waals surface area contributed by atoms with Crippen molar-refractivity contribution in [1.29, 1.82) is 0 Å². The molecular formula is C18H16N6O2. The number of fused-ring (bicyclic) bond motifs is 1. The zero-order chi connectivity index (χ0) is 18.1. The van der Waals surface area contributed by atoms with E-state index >= 15 is 0 Å². The van der Waals surface area contributed by atoms with Crippen molar-refractivity contribution in [3.63, 3.8) is 0 Å². The summed E-state index contributed by atoms with van der Waals surface area (Å²) in [6.07, 6.45) is 5.63. The quantitative estimate of drug-likeness (QED) is 0.722. The van der Waals surface area contributed by atoms with Gasteiger partial charge in [-0.2, -0.15) is 5.10 Å². The third-order valence-electron chi connectivity index (χ3n) is 4.41. The van der Waals surface area contributed by atoms with Crippen molar-refractivity contribution in [3.8, 4) is 11.3 Å². The number of aromatic amines is 1. The molecule has 4 rings (SSSR count). The van der Waals surface area contributed by atoms with Gasteiger partial charge in [-0.05, 0) is 18.2 Å². The molecule has 0 aromatic carbocycles. The first-order chi connectivity index (χ1) is 12.6. The molecule has 8 nitrogen and oxygen atoms in total. The number of rotatable bonds is 3. The van der Waals surface area contributed by atoms with Gasteiger partial charge in [0, 0.05) is 50.0 Å². The monoisotopic (exact) mass is 348 g/mol. The number of amides is 1. The summed E-state index contributed by atoms with van der Waals surface area (Å²) in [7, 11) is 0. The van der Waals surface area contributed by atoms with Crippen LogP contribution in [0.15, 0.2) is 36.9 Å². The van der Waals surface area contributed by atoms with Gasteiger partial charge in [0.1, 0.15) is 17.7 Å². The maximum atomic E-state index is 12.8. The molecule has 3 aromatic heterocycles. The van der Waals surface area contributed by atoms with E-state index in [0.29, 0.717) is 25.2 Å². The van der Waals surface area contributed by atoms with E-state index in [9.17, 15) is 9.59 Å². The Labute approximate surface area is 149 Å². The molecule has 3 aromatic rings. The molecule has 8 heteroatoms. The number of hydrogen-bond acceptors (Lipinski definition) is 6. The van der Waals surface area contributed by atoms with Gasteiger partial charge in [0.15, 0.2) is 5.78 Å². The van der Waals surface area contributed by atoms with Crippen LogP contribution in [0.2, 0.25) is 0 Å². The summed E-state index contributed by atoms with van der Waals surface area (Å²) in [5.41, 5.74) is 4.19. The zero-order valence-electron chi connectivity index (χ0n) is 14.1. The smallest absolute Gasteiger partial charge is 0.272 e. The number of ketones is 1. The van der Waals surface area contributed by atoms with Crippen molar-refractivity contribution < 1.29 is 9.59 Å². The second-order valence-electron chi connectivity index (χ2n) is 6.08. The third-order valence-corrected chi connectivity index (χ3v) is 4.41. The topological polar surface area (TPSA) is 105 Å². The molecular weight excluding hydrogens is 332 g/mol. The van der Waals surface area contributed by atoms with Crippen LogP contribution in [0, 0.1) is 0 Å². The minimum atomic E-state index is -0.194. The fourth-order valence-corrected chi connectivity index (χ4v) is 3.06. The number of H-pyrrole nitrogens is 1. The average Bonchev–Trinajstić information content (AvgIpc) is 3.18. The molecule has 1 amide bonds. The Bertz CT molecular complexity index is 982. The summed E-state index contributed by atoms with van der Waals surface area (Å²) in [6.45, 7) is 2.37. The Kier molecular flexibility index (Phi) is 4.00. The fraction of sp³-hybridized carbons (Fsp3) is 0.222. The number of nitrogens with one attached hydrogen (secondary N) is 1. The van der Waals surface area contributed by atoms with Crippen molar-refractivity contribution in [2.24, 2.45) is 0 Å². The molecule has 0 saturated heterocycles. The Hall–Kier alpha value is -3.42. The second-order valence-corrected chi connectivity index (χ2v) is 6.08. The lowest BCUT2D eigenvalue weighted by molar-refractivity contribution is 0.0727. The molecule has 4 heterocycles. The second kappa shape index (κ2) is 6.47. The van der Waals surface area contributed by atoms with Crippen LogP contribution in [0.25, 0.3) is 11.3 Å². The molecule has 0 atom stereocenters. The van der Waals surface area contributed by atoms with E-state index in [-0.39, 0.29) is 17.4 Å². The van der Waals surface area contributed by atoms with Crippen LogP contribution >= 0.6 is 0 Å². The molecule has 0 spiro atoms. The molecule has 0 unspecified atom stereocenters. The van der Waals surface area contributed by atoms with Gasteiger partial charge < -0.3 is 4.90 Å². The van der Waals surface area contributed by atoms with E-state index in [1.165, 1.54) is 13.0 Å². The Morgan fingerprint density at radius 3 is 2.73 bits per heavy atom. The molecule has 0 bridgehead atoms. The number of carbonyl (C=O) groups is 2. The average molecular weight is 348 g/mol. The van der Waals surface area contributed by atoms with Crippen LogP contribution in [0.3, 0.4) is 0 Å². The van der Waals surface area contributed by atoms with E-state index in [4.69, 9.17) is 0 Å². The van der Waals surface area contributed by atoms with Crippen LogP contribution in [0.4, 0.5) is 0 Å². The first kappa shape index (κ1) is 16.1. The van der Waals surface area contributed by atoms with Gasteiger partial charge in [0.2, 0.25) is 0 Å². The maximum absolute atomic E-state index is 12.8. The van der Waals surface area contributed by atoms with Crippen LogP contribution in [0.1, 0.15) is 39.2 Å². The lowest BCUT2D eigenvalue weighted by Crippen LogP contribution is -2.37. The van der Waals surface area contributed by atoms with E-state index in [2.05, 4.69) is 25.1 Å². The molecule has 0 fully saturated rings. The number of carbonyl (C=O) groups excluding carboxylic acids is 2. The summed E-state index contributed by atoms with van der Waals surface area (Å²) in [6, 6.07) is 5.26. The molecule has 1 aliphatic rings. The predicted molar refractivity (Wildman–Crippen MR) is 92.3 cm³/mol. The SMILES string of the molecule is CC(=O)c1cc(C(=O)N2CCc3ncnc(-c4ccncc4)c3C2)[nH]n1. The minimum absolute atomic E-state index is 0.183. The highest BCUT2D eigenvalue weighted by Gasteiger charge is 2.26. The number of nitrogens with zero attached hydrogens (tertiary/aromatic N) is 5. The molecule has 1 N–H and O–H groups in total. The lowest BCUT2D eigenvalue weighted by Gasteiger charge is -2.28. The Balaban J connectivity index is 1.65. The van der Waals surface area contributed by atoms with Crippen LogP contribution in [0.5, 0.6) is 0 Å². The Morgan fingerprint density at radius 1 is 1.19 bits per heavy atom. The summed E-state index contributed by atoms with van der Waals surface area (Å²) in [5, 5.41) is 6.54. The summed E-state index contributed by atoms with van der Waals surface area (Å²) >= 11 is 0. The summed E-state index contributed by atoms with van der Waals surface area (Å²) in [5.74, 6) is -0.377. The van der Waals surface area contributed by atoms with Crippen molar-refractivity contribution >= 4 is 11.7 Å². The van der Waals surface area contributed by atoms with Crippen molar-refractivity contribution in [2.75, 3.05) is 6.54 Å². The standard InChI is InChI=1S/C18H16N6O2/c1-11(25)15-8-16(23-22-15)18(26)24-7-4-14-13(9-24)17(21-10-20-14)12-2-5-19-6-3-12/h2-3,5-6,8,10H,4,7,9H2,1H3,(H,22,23). The van der Waals surface area contributed by atoms with Gasteiger partial charge in [0.25, 0.3) is 5.91 Å². The maximum Gasteiger partial charge on any atom is 0.272 e. The lowest BCUT2D eigenvalue weighted by atomic mass is 9.99. The van der Waals surface area contributed by atoms with Gasteiger partial charge in [-0.3, -0.25) is 19.7 Å². The molecule has 130 valence electrons. The van der Waals surface area contributed by atoms with E-state index < -0.39 is 0 Å². The zero-order valence-corrected chi connectivity index (χ0v) is 14.1. The first-order valence-electron chi connectivity index (χ1n) is 8.22. The number of Topliss-reactive ketones (excluding diaryl/α,β-unsaturated/α-hetero) is 1. The molecule has 26 heavy (non-hydrogen) atoms. The van der Waals surface area contributed by atoms with Gasteiger partial charge in [-0.1, -0.05) is 0 Å². The number of pyridine rings is 1. The van der Waals surface area contributed by atoms with Crippen LogP contribution in [-0.2, 0) is 13.0 Å². The van der Waals surface area contributed by atoms with Gasteiger partial charge >= 0.3 is 0 Å². The van der Waals surface area contributed by atoms with Crippen molar-refractivity contribution in [1.82, 2.24) is 30.0 Å².